The van der Waals surface area contributed by atoms with E-state index in [2.05, 4.69) is 16.0 Å². The lowest BCUT2D eigenvalue weighted by atomic mass is 10.2. The molecule has 1 unspecified atom stereocenters. The first-order chi connectivity index (χ1) is 16.1. The lowest BCUT2D eigenvalue weighted by molar-refractivity contribution is 0.0952. The molecule has 0 N–H and O–H groups in total. The molecule has 1 aliphatic heterocycles. The van der Waals surface area contributed by atoms with E-state index in [4.69, 9.17) is 9.72 Å². The van der Waals surface area contributed by atoms with Crippen LogP contribution in [-0.4, -0.2) is 37.6 Å². The number of rotatable bonds is 3. The SMILES string of the molecule is Cc1cccn2c(=O)c3cc(C#N)c(=NC(=O)c4ccncc4)n(CC4CCCO4)c3nc12. The summed E-state index contributed by atoms with van der Waals surface area (Å²) in [5.41, 5.74) is 2.04. The molecule has 0 radical (unpaired) electrons. The van der Waals surface area contributed by atoms with Crippen LogP contribution in [0.2, 0.25) is 0 Å². The van der Waals surface area contributed by atoms with Crippen LogP contribution in [0.1, 0.15) is 34.3 Å². The van der Waals surface area contributed by atoms with Gasteiger partial charge in [0.25, 0.3) is 11.5 Å². The van der Waals surface area contributed by atoms with Crippen molar-refractivity contribution in [1.82, 2.24) is 18.9 Å². The fourth-order valence-electron chi connectivity index (χ4n) is 4.11. The van der Waals surface area contributed by atoms with Crippen molar-refractivity contribution >= 4 is 22.6 Å². The third-order valence-corrected chi connectivity index (χ3v) is 5.77. The molecule has 4 aromatic rings. The summed E-state index contributed by atoms with van der Waals surface area (Å²) in [6.07, 6.45) is 6.28. The van der Waals surface area contributed by atoms with Gasteiger partial charge in [0.05, 0.1) is 23.6 Å². The number of aryl methyl sites for hydroxylation is 1. The Morgan fingerprint density at radius 1 is 1.30 bits per heavy atom. The molecule has 1 saturated heterocycles. The van der Waals surface area contributed by atoms with Crippen LogP contribution < -0.4 is 11.0 Å². The molecule has 164 valence electrons. The summed E-state index contributed by atoms with van der Waals surface area (Å²) in [6, 6.07) is 10.3. The fraction of sp³-hybridized carbons (Fsp3) is 0.250. The molecule has 33 heavy (non-hydrogen) atoms. The Morgan fingerprint density at radius 3 is 2.85 bits per heavy atom. The first-order valence-corrected chi connectivity index (χ1v) is 10.6. The van der Waals surface area contributed by atoms with Crippen molar-refractivity contribution in [3.8, 4) is 6.07 Å². The van der Waals surface area contributed by atoms with Gasteiger partial charge in [-0.1, -0.05) is 6.07 Å². The average Bonchev–Trinajstić information content (AvgIpc) is 3.35. The van der Waals surface area contributed by atoms with Gasteiger partial charge in [-0.2, -0.15) is 10.3 Å². The van der Waals surface area contributed by atoms with Crippen molar-refractivity contribution in [3.63, 3.8) is 0 Å². The first kappa shape index (κ1) is 20.7. The highest BCUT2D eigenvalue weighted by Crippen LogP contribution is 2.17. The van der Waals surface area contributed by atoms with Gasteiger partial charge < -0.3 is 9.30 Å². The highest BCUT2D eigenvalue weighted by atomic mass is 16.5. The number of carbonyl (C=O) groups excluding carboxylic acids is 1. The standard InChI is InChI=1S/C24H20N6O3/c1-15-4-2-10-29-20(15)27-22-19(24(29)32)12-17(13-25)21(30(22)14-18-5-3-11-33-18)28-23(31)16-6-8-26-9-7-16/h2,4,6-10,12,18H,3,5,11,14H2,1H3. The van der Waals surface area contributed by atoms with Gasteiger partial charge in [-0.25, -0.2) is 4.98 Å². The fourth-order valence-corrected chi connectivity index (χ4v) is 4.11. The molecule has 1 aliphatic rings. The van der Waals surface area contributed by atoms with E-state index in [9.17, 15) is 14.9 Å². The minimum Gasteiger partial charge on any atom is -0.376 e. The number of nitrogens with zero attached hydrogens (tertiary/aromatic N) is 6. The van der Waals surface area contributed by atoms with E-state index in [0.29, 0.717) is 30.0 Å². The number of hydrogen-bond acceptors (Lipinski definition) is 6. The maximum absolute atomic E-state index is 13.3. The lowest BCUT2D eigenvalue weighted by Gasteiger charge is -2.17. The molecular formula is C24H20N6O3. The van der Waals surface area contributed by atoms with Gasteiger partial charge in [-0.05, 0) is 49.6 Å². The maximum Gasteiger partial charge on any atom is 0.279 e. The number of fused-ring (bicyclic) bond motifs is 2. The monoisotopic (exact) mass is 440 g/mol. The molecule has 9 heteroatoms. The van der Waals surface area contributed by atoms with Gasteiger partial charge >= 0.3 is 0 Å². The minimum absolute atomic E-state index is 0.120. The summed E-state index contributed by atoms with van der Waals surface area (Å²) < 4.78 is 8.96. The molecular weight excluding hydrogens is 420 g/mol. The van der Waals surface area contributed by atoms with Crippen LogP contribution in [0, 0.1) is 18.3 Å². The predicted octanol–water partition coefficient (Wildman–Crippen LogP) is 2.14. The first-order valence-electron chi connectivity index (χ1n) is 10.6. The highest BCUT2D eigenvalue weighted by molar-refractivity contribution is 5.94. The molecule has 0 aliphatic carbocycles. The number of ether oxygens (including phenoxy) is 1. The van der Waals surface area contributed by atoms with Gasteiger partial charge in [0.15, 0.2) is 5.49 Å². The van der Waals surface area contributed by atoms with Crippen LogP contribution in [0.5, 0.6) is 0 Å². The van der Waals surface area contributed by atoms with Gasteiger partial charge in [-0.3, -0.25) is 19.0 Å². The molecule has 4 aromatic heterocycles. The average molecular weight is 440 g/mol. The Hall–Kier alpha value is -4.16. The zero-order valence-electron chi connectivity index (χ0n) is 17.9. The Bertz CT molecular complexity index is 1560. The van der Waals surface area contributed by atoms with Crippen molar-refractivity contribution in [3.05, 3.63) is 81.5 Å². The van der Waals surface area contributed by atoms with Crippen LogP contribution in [0.15, 0.2) is 58.7 Å². The molecule has 0 bridgehead atoms. The van der Waals surface area contributed by atoms with E-state index < -0.39 is 5.91 Å². The Kier molecular flexibility index (Phi) is 5.28. The van der Waals surface area contributed by atoms with Gasteiger partial charge in [0.2, 0.25) is 0 Å². The number of nitriles is 1. The third-order valence-electron chi connectivity index (χ3n) is 5.77. The summed E-state index contributed by atoms with van der Waals surface area (Å²) in [5, 5.41) is 10.2. The largest absolute Gasteiger partial charge is 0.376 e. The predicted molar refractivity (Wildman–Crippen MR) is 120 cm³/mol. The van der Waals surface area contributed by atoms with Gasteiger partial charge in [-0.15, -0.1) is 0 Å². The second kappa shape index (κ2) is 8.41. The summed E-state index contributed by atoms with van der Waals surface area (Å²) in [4.78, 5) is 39.2. The van der Waals surface area contributed by atoms with Crippen molar-refractivity contribution in [2.75, 3.05) is 6.61 Å². The smallest absolute Gasteiger partial charge is 0.279 e. The van der Waals surface area contributed by atoms with Crippen molar-refractivity contribution in [2.24, 2.45) is 4.99 Å². The van der Waals surface area contributed by atoms with Gasteiger partial charge in [0.1, 0.15) is 17.4 Å². The summed E-state index contributed by atoms with van der Waals surface area (Å²) in [7, 11) is 0. The van der Waals surface area contributed by atoms with E-state index in [1.807, 2.05) is 13.0 Å². The second-order valence-electron chi connectivity index (χ2n) is 7.93. The number of amides is 1. The molecule has 5 heterocycles. The number of carbonyl (C=O) groups is 1. The summed E-state index contributed by atoms with van der Waals surface area (Å²) in [6.45, 7) is 2.84. The maximum atomic E-state index is 13.3. The van der Waals surface area contributed by atoms with Crippen LogP contribution >= 0.6 is 0 Å². The zero-order valence-corrected chi connectivity index (χ0v) is 17.9. The Labute approximate surface area is 188 Å². The van der Waals surface area contributed by atoms with Gasteiger partial charge in [0, 0.05) is 30.8 Å². The molecule has 1 amide bonds. The van der Waals surface area contributed by atoms with Crippen molar-refractivity contribution in [1.29, 1.82) is 5.26 Å². The molecule has 5 rings (SSSR count). The quantitative estimate of drug-likeness (QED) is 0.451. The van der Waals surface area contributed by atoms with Crippen LogP contribution in [-0.2, 0) is 11.3 Å². The van der Waals surface area contributed by atoms with E-state index in [1.165, 1.54) is 22.9 Å². The molecule has 0 aromatic carbocycles. The number of hydrogen-bond donors (Lipinski definition) is 0. The van der Waals surface area contributed by atoms with Crippen LogP contribution in [0.4, 0.5) is 0 Å². The van der Waals surface area contributed by atoms with E-state index in [1.54, 1.807) is 29.0 Å². The topological polar surface area (TPSA) is 115 Å². The van der Waals surface area contributed by atoms with Crippen LogP contribution in [0.25, 0.3) is 16.7 Å². The third kappa shape index (κ3) is 3.70. The molecule has 0 saturated carbocycles. The lowest BCUT2D eigenvalue weighted by Crippen LogP contribution is -2.33. The Balaban J connectivity index is 1.86. The zero-order chi connectivity index (χ0) is 22.9. The minimum atomic E-state index is -0.511. The van der Waals surface area contributed by atoms with Crippen LogP contribution in [0.3, 0.4) is 0 Å². The van der Waals surface area contributed by atoms with E-state index >= 15 is 0 Å². The normalized spacial score (nSPS) is 16.4. The van der Waals surface area contributed by atoms with E-state index in [-0.39, 0.29) is 28.1 Å². The summed E-state index contributed by atoms with van der Waals surface area (Å²) >= 11 is 0. The molecule has 1 fully saturated rings. The highest BCUT2D eigenvalue weighted by Gasteiger charge is 2.21. The number of pyridine rings is 3. The second-order valence-corrected chi connectivity index (χ2v) is 7.93. The number of aromatic nitrogens is 4. The molecule has 9 nitrogen and oxygen atoms in total. The van der Waals surface area contributed by atoms with Crippen molar-refractivity contribution in [2.45, 2.75) is 32.4 Å². The van der Waals surface area contributed by atoms with E-state index in [0.717, 1.165) is 18.4 Å². The summed E-state index contributed by atoms with van der Waals surface area (Å²) in [5.74, 6) is -0.511. The molecule has 0 spiro atoms. The molecule has 1 atom stereocenters. The van der Waals surface area contributed by atoms with Crippen molar-refractivity contribution < 1.29 is 9.53 Å². The Morgan fingerprint density at radius 2 is 2.12 bits per heavy atom.